The molecule has 8 heteroatoms. The Balaban J connectivity index is 1.17. The molecule has 160 valence electrons. The molecule has 5 atom stereocenters. The van der Waals surface area contributed by atoms with Gasteiger partial charge in [0.25, 0.3) is 0 Å². The van der Waals surface area contributed by atoms with E-state index in [0.717, 1.165) is 17.8 Å². The van der Waals surface area contributed by atoms with Crippen molar-refractivity contribution in [2.45, 2.75) is 50.0 Å². The van der Waals surface area contributed by atoms with E-state index >= 15 is 0 Å². The molecular weight excluding hydrogens is 397 g/mol. The molecule has 31 heavy (non-hydrogen) atoms. The molecule has 3 aromatic rings. The lowest BCUT2D eigenvalue weighted by Gasteiger charge is -2.38. The van der Waals surface area contributed by atoms with Gasteiger partial charge in [-0.05, 0) is 44.7 Å². The lowest BCUT2D eigenvalue weighted by Crippen LogP contribution is -2.48. The number of aromatic nitrogens is 4. The predicted octanol–water partition coefficient (Wildman–Crippen LogP) is 3.30. The van der Waals surface area contributed by atoms with Gasteiger partial charge in [-0.3, -0.25) is 4.90 Å². The first-order valence-electron chi connectivity index (χ1n) is 10.7. The number of hydrogen-bond donors (Lipinski definition) is 1. The maximum Gasteiger partial charge on any atom is 0.233 e. The normalized spacial score (nSPS) is 31.5. The van der Waals surface area contributed by atoms with Gasteiger partial charge < -0.3 is 9.84 Å². The third kappa shape index (κ3) is 2.92. The number of aryl methyl sites for hydroxylation is 1. The van der Waals surface area contributed by atoms with Crippen molar-refractivity contribution in [3.63, 3.8) is 0 Å². The van der Waals surface area contributed by atoms with Crippen molar-refractivity contribution >= 4 is 0 Å². The number of aromatic hydroxyl groups is 1. The maximum atomic E-state index is 14.9. The quantitative estimate of drug-likeness (QED) is 0.697. The Hall–Kier alpha value is -3.00. The zero-order valence-electron chi connectivity index (χ0n) is 17.4. The smallest absolute Gasteiger partial charge is 0.233 e. The number of ether oxygens (including phenoxy) is 1. The van der Waals surface area contributed by atoms with E-state index < -0.39 is 5.67 Å². The molecule has 1 N–H and O–H groups in total. The Bertz CT molecular complexity index is 1150. The number of fused-ring (bicyclic) bond motifs is 5. The maximum absolute atomic E-state index is 14.9. The highest BCUT2D eigenvalue weighted by Crippen LogP contribution is 2.63. The first-order valence-corrected chi connectivity index (χ1v) is 10.7. The summed E-state index contributed by atoms with van der Waals surface area (Å²) in [6.45, 7) is 1.92. The van der Waals surface area contributed by atoms with E-state index in [-0.39, 0.29) is 29.9 Å². The van der Waals surface area contributed by atoms with Crippen molar-refractivity contribution < 1.29 is 14.2 Å². The van der Waals surface area contributed by atoms with Crippen molar-refractivity contribution in [3.05, 3.63) is 48.3 Å². The second-order valence-electron chi connectivity index (χ2n) is 9.06. The SMILES string of the molecule is Cc1ccn(-c2ccc(-c3ccc(OC4CC5C6CC6(F)C(C4)N5C)nn3)c(O)c2)n1. The van der Waals surface area contributed by atoms with Crippen LogP contribution in [-0.2, 0) is 0 Å². The van der Waals surface area contributed by atoms with Crippen molar-refractivity contribution in [2.75, 3.05) is 7.05 Å². The van der Waals surface area contributed by atoms with Crippen LogP contribution in [0.2, 0.25) is 0 Å². The second-order valence-corrected chi connectivity index (χ2v) is 9.06. The molecule has 3 aliphatic rings. The Kier molecular flexibility index (Phi) is 3.93. The molecule has 5 unspecified atom stereocenters. The first-order chi connectivity index (χ1) is 14.9. The minimum Gasteiger partial charge on any atom is -0.507 e. The van der Waals surface area contributed by atoms with E-state index in [1.165, 1.54) is 0 Å². The van der Waals surface area contributed by atoms with Gasteiger partial charge in [0.2, 0.25) is 5.88 Å². The van der Waals surface area contributed by atoms with Gasteiger partial charge in [-0.2, -0.15) is 5.10 Å². The lowest BCUT2D eigenvalue weighted by molar-refractivity contribution is 0.0266. The van der Waals surface area contributed by atoms with Crippen LogP contribution in [0.25, 0.3) is 16.9 Å². The van der Waals surface area contributed by atoms with E-state index in [9.17, 15) is 9.50 Å². The molecule has 0 amide bonds. The number of rotatable bonds is 4. The van der Waals surface area contributed by atoms with Crippen LogP contribution in [0.3, 0.4) is 0 Å². The molecule has 0 spiro atoms. The summed E-state index contributed by atoms with van der Waals surface area (Å²) in [5.41, 5.74) is 1.80. The molecular formula is C23H24FN5O2. The first kappa shape index (κ1) is 18.7. The summed E-state index contributed by atoms with van der Waals surface area (Å²) < 4.78 is 22.6. The van der Waals surface area contributed by atoms with Crippen LogP contribution in [0.4, 0.5) is 4.39 Å². The van der Waals surface area contributed by atoms with Gasteiger partial charge in [-0.15, -0.1) is 10.2 Å². The second kappa shape index (κ2) is 6.50. The predicted molar refractivity (Wildman–Crippen MR) is 112 cm³/mol. The van der Waals surface area contributed by atoms with Gasteiger partial charge in [0.15, 0.2) is 0 Å². The third-order valence-corrected chi connectivity index (χ3v) is 7.18. The van der Waals surface area contributed by atoms with E-state index in [1.807, 2.05) is 32.3 Å². The minimum absolute atomic E-state index is 0.0445. The summed E-state index contributed by atoms with van der Waals surface area (Å²) in [7, 11) is 2.03. The molecule has 7 nitrogen and oxygen atoms in total. The fourth-order valence-corrected chi connectivity index (χ4v) is 5.51. The van der Waals surface area contributed by atoms with Gasteiger partial charge >= 0.3 is 0 Å². The molecule has 2 aliphatic heterocycles. The number of nitrogens with zero attached hydrogens (tertiary/aromatic N) is 5. The average Bonchev–Trinajstić information content (AvgIpc) is 3.21. The molecule has 3 fully saturated rings. The highest BCUT2D eigenvalue weighted by molar-refractivity contribution is 5.68. The number of alkyl halides is 1. The fourth-order valence-electron chi connectivity index (χ4n) is 5.51. The van der Waals surface area contributed by atoms with Crippen LogP contribution in [0.1, 0.15) is 25.0 Å². The minimum atomic E-state index is -1.01. The van der Waals surface area contributed by atoms with Gasteiger partial charge in [0, 0.05) is 54.7 Å². The van der Waals surface area contributed by atoms with Crippen LogP contribution < -0.4 is 4.74 Å². The molecule has 4 heterocycles. The number of hydrogen-bond acceptors (Lipinski definition) is 6. The van der Waals surface area contributed by atoms with Gasteiger partial charge in [-0.25, -0.2) is 9.07 Å². The molecule has 2 bridgehead atoms. The van der Waals surface area contributed by atoms with E-state index in [0.29, 0.717) is 30.0 Å². The zero-order chi connectivity index (χ0) is 21.3. The zero-order valence-corrected chi connectivity index (χ0v) is 17.4. The summed E-state index contributed by atoms with van der Waals surface area (Å²) in [6, 6.07) is 11.0. The van der Waals surface area contributed by atoms with Gasteiger partial charge in [0.1, 0.15) is 17.5 Å². The standard InChI is InChI=1S/C23H24FN5O2/c1-13-7-8-29(27-13)14-3-4-16(20(30)9-14)18-5-6-22(26-25-18)31-15-10-19-17-12-23(17,24)21(11-15)28(19)2/h3-9,15,17,19,21,30H,10-12H2,1-2H3. The topological polar surface area (TPSA) is 76.3 Å². The molecule has 6 rings (SSSR count). The summed E-state index contributed by atoms with van der Waals surface area (Å²) in [6.07, 6.45) is 4.01. The highest BCUT2D eigenvalue weighted by atomic mass is 19.1. The number of benzene rings is 1. The fraction of sp³-hybridized carbons (Fsp3) is 0.435. The Morgan fingerprint density at radius 3 is 2.71 bits per heavy atom. The number of phenols is 1. The largest absolute Gasteiger partial charge is 0.507 e. The van der Waals surface area contributed by atoms with Crippen LogP contribution >= 0.6 is 0 Å². The highest BCUT2D eigenvalue weighted by Gasteiger charge is 2.72. The summed E-state index contributed by atoms with van der Waals surface area (Å²) in [5.74, 6) is 0.705. The molecule has 0 radical (unpaired) electrons. The molecule has 2 saturated heterocycles. The van der Waals surface area contributed by atoms with E-state index in [1.54, 1.807) is 28.9 Å². The van der Waals surface area contributed by atoms with Crippen LogP contribution in [0.5, 0.6) is 11.6 Å². The Morgan fingerprint density at radius 2 is 2.03 bits per heavy atom. The third-order valence-electron chi connectivity index (χ3n) is 7.18. The van der Waals surface area contributed by atoms with Gasteiger partial charge in [-0.1, -0.05) is 0 Å². The van der Waals surface area contributed by atoms with Crippen molar-refractivity contribution in [1.82, 2.24) is 24.9 Å². The monoisotopic (exact) mass is 421 g/mol. The number of phenolic OH excluding ortho intramolecular Hbond substituents is 1. The summed E-state index contributed by atoms with van der Waals surface area (Å²) in [4.78, 5) is 2.19. The Labute approximate surface area is 179 Å². The number of piperidine rings is 2. The molecule has 2 aromatic heterocycles. The Morgan fingerprint density at radius 1 is 1.16 bits per heavy atom. The molecule has 1 aromatic carbocycles. The van der Waals surface area contributed by atoms with Crippen molar-refractivity contribution in [1.29, 1.82) is 0 Å². The van der Waals surface area contributed by atoms with Crippen LogP contribution in [-0.4, -0.2) is 60.9 Å². The van der Waals surface area contributed by atoms with E-state index in [4.69, 9.17) is 4.74 Å². The lowest BCUT2D eigenvalue weighted by atomic mass is 9.95. The van der Waals surface area contributed by atoms with Crippen molar-refractivity contribution in [3.8, 4) is 28.6 Å². The summed E-state index contributed by atoms with van der Waals surface area (Å²) in [5, 5.41) is 23.3. The average molecular weight is 421 g/mol. The van der Waals surface area contributed by atoms with Gasteiger partial charge in [0.05, 0.1) is 17.1 Å². The van der Waals surface area contributed by atoms with Crippen LogP contribution in [0, 0.1) is 12.8 Å². The summed E-state index contributed by atoms with van der Waals surface area (Å²) >= 11 is 0. The van der Waals surface area contributed by atoms with E-state index in [2.05, 4.69) is 20.2 Å². The van der Waals surface area contributed by atoms with Crippen LogP contribution in [0.15, 0.2) is 42.6 Å². The molecule has 1 aliphatic carbocycles. The van der Waals surface area contributed by atoms with Crippen molar-refractivity contribution in [2.24, 2.45) is 5.92 Å². The molecule has 1 saturated carbocycles. The number of halogens is 1.